The number of nitrogen functional groups attached to an aromatic ring is 1. The first-order chi connectivity index (χ1) is 18.7. The molecular weight excluding hydrogens is 512 g/mol. The second-order valence-electron chi connectivity index (χ2n) is 9.84. The molecule has 2 heterocycles. The van der Waals surface area contributed by atoms with E-state index in [-0.39, 0.29) is 35.7 Å². The van der Waals surface area contributed by atoms with Gasteiger partial charge in [0.05, 0.1) is 23.5 Å². The molecule has 1 unspecified atom stereocenters. The fraction of sp³-hybridized carbons (Fsp3) is 0.500. The Balaban J connectivity index is 1.93. The molecule has 0 bridgehead atoms. The Kier molecular flexibility index (Phi) is 10.7. The summed E-state index contributed by atoms with van der Waals surface area (Å²) in [6.45, 7) is 6.91. The lowest BCUT2D eigenvalue weighted by molar-refractivity contribution is -0.117. The summed E-state index contributed by atoms with van der Waals surface area (Å²) in [4.78, 5) is 25.5. The molecule has 0 amide bonds. The predicted molar refractivity (Wildman–Crippen MR) is 158 cm³/mol. The van der Waals surface area contributed by atoms with E-state index in [1.165, 1.54) is 17.4 Å². The van der Waals surface area contributed by atoms with E-state index in [1.807, 2.05) is 14.0 Å². The Hall–Kier alpha value is -3.62. The maximum atomic E-state index is 13.8. The van der Waals surface area contributed by atoms with Crippen molar-refractivity contribution in [2.45, 2.75) is 63.8 Å². The highest BCUT2D eigenvalue weighted by Crippen LogP contribution is 2.43. The minimum absolute atomic E-state index is 0.0201. The minimum Gasteiger partial charge on any atom is -0.476 e. The number of ether oxygens (including phenoxy) is 1. The fourth-order valence-electron chi connectivity index (χ4n) is 5.12. The number of nitrogens with zero attached hydrogens (tertiary/aromatic N) is 4. The number of fused-ring (bicyclic) bond motifs is 1. The molecule has 3 rings (SSSR count). The SMILES string of the molecule is C=N/C(=C\C(=NC/C(N)=C(\CCC)C(=O)[C@H]1CCCc2sc(N)c(C#N)c21)OCC1CCCN1C)C(=N)C=N. The number of nitriles is 1. The van der Waals surface area contributed by atoms with Gasteiger partial charge in [0.1, 0.15) is 17.7 Å². The van der Waals surface area contributed by atoms with E-state index in [0.29, 0.717) is 41.3 Å². The highest BCUT2D eigenvalue weighted by atomic mass is 32.1. The van der Waals surface area contributed by atoms with Gasteiger partial charge in [0.25, 0.3) is 0 Å². The lowest BCUT2D eigenvalue weighted by atomic mass is 9.79. The molecule has 0 saturated carbocycles. The molecule has 1 aliphatic heterocycles. The number of carbonyl (C=O) groups excluding carboxylic acids is 1. The van der Waals surface area contributed by atoms with Crippen molar-refractivity contribution in [2.75, 3.05) is 32.5 Å². The topological polar surface area (TPSA) is 178 Å². The molecule has 2 aliphatic rings. The molecule has 39 heavy (non-hydrogen) atoms. The average molecular weight is 551 g/mol. The monoisotopic (exact) mass is 550 g/mol. The maximum absolute atomic E-state index is 13.8. The van der Waals surface area contributed by atoms with E-state index in [1.54, 1.807) is 0 Å². The first-order valence-corrected chi connectivity index (χ1v) is 14.0. The number of rotatable bonds is 12. The van der Waals surface area contributed by atoms with Gasteiger partial charge in [-0.1, -0.05) is 13.3 Å². The number of carbonyl (C=O) groups is 1. The third kappa shape index (κ3) is 7.07. The van der Waals surface area contributed by atoms with E-state index in [9.17, 15) is 10.1 Å². The van der Waals surface area contributed by atoms with Crippen molar-refractivity contribution < 1.29 is 9.53 Å². The van der Waals surface area contributed by atoms with Crippen LogP contribution in [0.5, 0.6) is 0 Å². The van der Waals surface area contributed by atoms with Crippen LogP contribution >= 0.6 is 11.3 Å². The van der Waals surface area contributed by atoms with Gasteiger partial charge in [0.15, 0.2) is 5.78 Å². The van der Waals surface area contributed by atoms with Gasteiger partial charge in [0, 0.05) is 40.4 Å². The number of Topliss-reactive ketones (excluding diaryl/α,β-unsaturated/α-hetero) is 1. The lowest BCUT2D eigenvalue weighted by Gasteiger charge is -2.24. The second kappa shape index (κ2) is 14.0. The first-order valence-electron chi connectivity index (χ1n) is 13.2. The van der Waals surface area contributed by atoms with Crippen LogP contribution in [0.25, 0.3) is 0 Å². The Labute approximate surface area is 234 Å². The maximum Gasteiger partial charge on any atom is 0.211 e. The van der Waals surface area contributed by atoms with Gasteiger partial charge in [-0.3, -0.25) is 15.2 Å². The third-order valence-electron chi connectivity index (χ3n) is 7.26. The third-order valence-corrected chi connectivity index (χ3v) is 8.35. The molecule has 2 atom stereocenters. The van der Waals surface area contributed by atoms with Gasteiger partial charge in [-0.05, 0) is 64.4 Å². The molecule has 10 nitrogen and oxygen atoms in total. The predicted octanol–water partition coefficient (Wildman–Crippen LogP) is 3.97. The summed E-state index contributed by atoms with van der Waals surface area (Å²) in [5.74, 6) is -0.309. The van der Waals surface area contributed by atoms with Gasteiger partial charge >= 0.3 is 0 Å². The van der Waals surface area contributed by atoms with E-state index in [4.69, 9.17) is 27.0 Å². The Morgan fingerprint density at radius 2 is 2.15 bits per heavy atom. The number of likely N-dealkylation sites (N-methyl/N-ethyl adjacent to an activating group) is 1. The van der Waals surface area contributed by atoms with Crippen LogP contribution in [0, 0.1) is 22.1 Å². The van der Waals surface area contributed by atoms with Crippen molar-refractivity contribution in [1.82, 2.24) is 4.90 Å². The zero-order chi connectivity index (χ0) is 28.5. The van der Waals surface area contributed by atoms with Crippen molar-refractivity contribution in [3.63, 3.8) is 0 Å². The minimum atomic E-state index is -0.445. The van der Waals surface area contributed by atoms with Crippen LogP contribution in [-0.4, -0.2) is 68.0 Å². The summed E-state index contributed by atoms with van der Waals surface area (Å²) in [5.41, 5.74) is 14.7. The number of hydrogen-bond acceptors (Lipinski definition) is 11. The molecule has 0 aromatic carbocycles. The van der Waals surface area contributed by atoms with Crippen LogP contribution in [0.2, 0.25) is 0 Å². The summed E-state index contributed by atoms with van der Waals surface area (Å²) in [5, 5.41) is 25.5. The van der Waals surface area contributed by atoms with Crippen molar-refractivity contribution >= 4 is 46.7 Å². The standard InChI is InChI=1S/C28H38N8O2S/c1-4-7-18(27(37)19-9-5-10-24-26(19)20(13-29)28(33)39-24)22(32)15-35-25(12-23(34-2)21(31)14-30)38-16-17-8-6-11-36(17)3/h12,14,17,19,30-31H,2,4-11,15-16,32-33H2,1,3H3/b22-18-,23-12-,30-14?,31-21?,35-25?/t17?,19-/m0/s1. The van der Waals surface area contributed by atoms with Gasteiger partial charge in [-0.15, -0.1) is 11.3 Å². The van der Waals surface area contributed by atoms with E-state index >= 15 is 0 Å². The Morgan fingerprint density at radius 1 is 1.38 bits per heavy atom. The summed E-state index contributed by atoms with van der Waals surface area (Å²) >= 11 is 1.40. The first kappa shape index (κ1) is 29.9. The molecule has 1 aliphatic carbocycles. The van der Waals surface area contributed by atoms with E-state index < -0.39 is 5.92 Å². The van der Waals surface area contributed by atoms with Crippen LogP contribution in [-0.2, 0) is 16.0 Å². The molecule has 1 fully saturated rings. The number of aliphatic imine (C=N–C) groups is 2. The van der Waals surface area contributed by atoms with E-state index in [0.717, 1.165) is 55.3 Å². The number of nitrogens with one attached hydrogen (secondary N) is 2. The van der Waals surface area contributed by atoms with Crippen molar-refractivity contribution in [3.05, 3.63) is 39.0 Å². The van der Waals surface area contributed by atoms with Crippen LogP contribution < -0.4 is 11.5 Å². The second-order valence-corrected chi connectivity index (χ2v) is 11.0. The average Bonchev–Trinajstić information content (AvgIpc) is 3.50. The molecular formula is C28H38N8O2S. The fourth-order valence-corrected chi connectivity index (χ4v) is 6.24. The molecule has 11 heteroatoms. The normalized spacial score (nSPS) is 20.5. The smallest absolute Gasteiger partial charge is 0.211 e. The lowest BCUT2D eigenvalue weighted by Crippen LogP contribution is -2.30. The number of likely N-dealkylation sites (tertiary alicyclic amines) is 1. The molecule has 0 spiro atoms. The number of anilines is 1. The highest BCUT2D eigenvalue weighted by Gasteiger charge is 2.34. The van der Waals surface area contributed by atoms with Crippen molar-refractivity contribution in [3.8, 4) is 6.07 Å². The van der Waals surface area contributed by atoms with Crippen molar-refractivity contribution in [1.29, 1.82) is 16.1 Å². The van der Waals surface area contributed by atoms with E-state index in [2.05, 4.69) is 27.7 Å². The molecule has 1 saturated heterocycles. The summed E-state index contributed by atoms with van der Waals surface area (Å²) in [6, 6.07) is 2.44. The highest BCUT2D eigenvalue weighted by molar-refractivity contribution is 7.16. The van der Waals surface area contributed by atoms with Crippen LogP contribution in [0.4, 0.5) is 5.00 Å². The van der Waals surface area contributed by atoms with Crippen LogP contribution in [0.15, 0.2) is 33.0 Å². The van der Waals surface area contributed by atoms with Gasteiger partial charge in [-0.2, -0.15) is 5.26 Å². The Bertz CT molecular complexity index is 1250. The number of allylic oxidation sites excluding steroid dienone is 2. The summed E-state index contributed by atoms with van der Waals surface area (Å²) < 4.78 is 6.03. The van der Waals surface area contributed by atoms with Crippen LogP contribution in [0.3, 0.4) is 0 Å². The zero-order valence-electron chi connectivity index (χ0n) is 22.8. The summed E-state index contributed by atoms with van der Waals surface area (Å²) in [6.07, 6.45) is 7.97. The van der Waals surface area contributed by atoms with Crippen LogP contribution in [0.1, 0.15) is 67.4 Å². The molecule has 6 N–H and O–H groups in total. The van der Waals surface area contributed by atoms with Crippen molar-refractivity contribution in [2.24, 2.45) is 15.7 Å². The number of aryl methyl sites for hydroxylation is 1. The number of ketones is 1. The molecule has 1 aromatic rings. The Morgan fingerprint density at radius 3 is 2.77 bits per heavy atom. The molecule has 0 radical (unpaired) electrons. The zero-order valence-corrected chi connectivity index (χ0v) is 23.6. The largest absolute Gasteiger partial charge is 0.476 e. The summed E-state index contributed by atoms with van der Waals surface area (Å²) in [7, 11) is 2.05. The quantitative estimate of drug-likeness (QED) is 0.174. The molecule has 208 valence electrons. The number of thiophene rings is 1. The number of nitrogens with two attached hydrogens (primary N) is 2. The van der Waals surface area contributed by atoms with Gasteiger partial charge in [-0.25, -0.2) is 4.99 Å². The number of hydrogen-bond donors (Lipinski definition) is 4. The molecule has 1 aromatic heterocycles. The van der Waals surface area contributed by atoms with Gasteiger partial charge in [0.2, 0.25) is 5.90 Å². The van der Waals surface area contributed by atoms with Gasteiger partial charge < -0.3 is 26.5 Å².